The van der Waals surface area contributed by atoms with E-state index in [1.165, 1.54) is 276 Å². The van der Waals surface area contributed by atoms with Crippen molar-refractivity contribution in [2.45, 2.75) is 392 Å². The molecule has 0 saturated carbocycles. The van der Waals surface area contributed by atoms with Gasteiger partial charge < -0.3 is 27.9 Å². The van der Waals surface area contributed by atoms with E-state index in [1.54, 1.807) is 0 Å². The van der Waals surface area contributed by atoms with E-state index in [1.807, 2.05) is 21.1 Å². The van der Waals surface area contributed by atoms with Gasteiger partial charge in [0.05, 0.1) is 27.7 Å². The summed E-state index contributed by atoms with van der Waals surface area (Å²) in [6.45, 7) is 4.17. The van der Waals surface area contributed by atoms with E-state index in [4.69, 9.17) is 18.5 Å². The van der Waals surface area contributed by atoms with Crippen LogP contribution >= 0.6 is 7.82 Å². The Labute approximate surface area is 595 Å². The van der Waals surface area contributed by atoms with Crippen LogP contribution in [0.15, 0.2) is 97.2 Å². The van der Waals surface area contributed by atoms with Crippen molar-refractivity contribution in [2.24, 2.45) is 0 Å². The molecule has 2 unspecified atom stereocenters. The van der Waals surface area contributed by atoms with Crippen LogP contribution in [0.3, 0.4) is 0 Å². The highest BCUT2D eigenvalue weighted by molar-refractivity contribution is 7.45. The monoisotopic (exact) mass is 1360 g/mol. The summed E-state index contributed by atoms with van der Waals surface area (Å²) in [5, 5.41) is 0. The highest BCUT2D eigenvalue weighted by Crippen LogP contribution is 2.38. The molecule has 0 N–H and O–H groups in total. The molecule has 0 bridgehead atoms. The van der Waals surface area contributed by atoms with E-state index in [0.717, 1.165) is 77.0 Å². The molecule has 558 valence electrons. The molecule has 0 heterocycles. The van der Waals surface area contributed by atoms with Crippen LogP contribution in [0.4, 0.5) is 0 Å². The van der Waals surface area contributed by atoms with Crippen LogP contribution in [0.2, 0.25) is 0 Å². The molecule has 0 aliphatic carbocycles. The van der Waals surface area contributed by atoms with Crippen LogP contribution < -0.4 is 4.89 Å². The highest BCUT2D eigenvalue weighted by Gasteiger charge is 2.22. The van der Waals surface area contributed by atoms with Crippen molar-refractivity contribution >= 4 is 19.8 Å². The van der Waals surface area contributed by atoms with Crippen LogP contribution in [0.25, 0.3) is 0 Å². The molecule has 0 amide bonds. The Morgan fingerprint density at radius 2 is 0.594 bits per heavy atom. The number of phosphoric acid groups is 1. The molecule has 96 heavy (non-hydrogen) atoms. The number of allylic oxidation sites excluding steroid dienone is 16. The summed E-state index contributed by atoms with van der Waals surface area (Å²) in [6, 6.07) is 0. The Bertz CT molecular complexity index is 1940. The second kappa shape index (κ2) is 76.1. The summed E-state index contributed by atoms with van der Waals surface area (Å²) in [5.74, 6) is -0.815. The quantitative estimate of drug-likeness (QED) is 0.0195. The molecular weight excluding hydrogens is 1210 g/mol. The standard InChI is InChI=1S/C86H156NO8P/c1-6-8-10-12-14-16-18-20-22-24-26-28-30-32-34-36-38-39-40-41-42-43-44-45-46-47-49-51-53-55-57-59-61-63-65-67-69-71-73-75-77-79-86(89)95-84(83-94-96(90,91)93-81-80-87(3,4)5)82-92-85(88)78-76-74-72-70-68-66-64-62-60-58-56-54-52-50-48-37-35-33-31-29-27-25-23-21-19-17-15-13-11-9-7-2/h8,10,14,16,19-22,25-28,31-34,84H,6-7,9,11-13,15,17-18,23-24,29-30,35-83H2,1-5H3/b10-8-,16-14-,21-19-,22-20-,27-25-,28-26-,33-31-,34-32-. The maximum absolute atomic E-state index is 12.9. The minimum absolute atomic E-state index is 0.0305. The van der Waals surface area contributed by atoms with Gasteiger partial charge in [-0.3, -0.25) is 14.2 Å². The van der Waals surface area contributed by atoms with Crippen molar-refractivity contribution in [1.82, 2.24) is 0 Å². The molecule has 0 aromatic heterocycles. The van der Waals surface area contributed by atoms with E-state index in [0.29, 0.717) is 17.4 Å². The molecule has 0 fully saturated rings. The fourth-order valence-electron chi connectivity index (χ4n) is 11.9. The number of nitrogens with zero attached hydrogens (tertiary/aromatic N) is 1. The van der Waals surface area contributed by atoms with Crippen molar-refractivity contribution in [2.75, 3.05) is 47.5 Å². The Balaban J connectivity index is 3.91. The van der Waals surface area contributed by atoms with Gasteiger partial charge in [0.1, 0.15) is 19.8 Å². The van der Waals surface area contributed by atoms with E-state index in [2.05, 4.69) is 111 Å². The van der Waals surface area contributed by atoms with Crippen molar-refractivity contribution in [1.29, 1.82) is 0 Å². The SMILES string of the molecule is CC/C=C\C/C=C\C/C=C\C/C=C\C/C=C\CCCCCCCCCCCCCCCCCCCCCCCCCCCC(=O)OC(COC(=O)CCCCCCCCCCCCCCCCCC/C=C\C/C=C\C/C=C\CCCCCCC)COP(=O)([O-])OCC[N+](C)(C)C. The summed E-state index contributed by atoms with van der Waals surface area (Å²) < 4.78 is 34.4. The predicted octanol–water partition coefficient (Wildman–Crippen LogP) is 26.8. The molecule has 0 aliphatic heterocycles. The number of phosphoric ester groups is 1. The van der Waals surface area contributed by atoms with Gasteiger partial charge in [-0.05, 0) is 96.3 Å². The number of ether oxygens (including phenoxy) is 2. The minimum Gasteiger partial charge on any atom is -0.756 e. The molecule has 0 aromatic carbocycles. The lowest BCUT2D eigenvalue weighted by Gasteiger charge is -2.28. The molecule has 0 spiro atoms. The number of likely N-dealkylation sites (N-methyl/N-ethyl adjacent to an activating group) is 1. The number of hydrogen-bond donors (Lipinski definition) is 0. The summed E-state index contributed by atoms with van der Waals surface area (Å²) >= 11 is 0. The lowest BCUT2D eigenvalue weighted by Crippen LogP contribution is -2.37. The summed E-state index contributed by atoms with van der Waals surface area (Å²) in [4.78, 5) is 38.2. The summed E-state index contributed by atoms with van der Waals surface area (Å²) in [5.41, 5.74) is 0. The second-order valence-electron chi connectivity index (χ2n) is 28.8. The van der Waals surface area contributed by atoms with Crippen LogP contribution in [-0.2, 0) is 32.7 Å². The number of unbranched alkanes of at least 4 members (excludes halogenated alkanes) is 46. The maximum atomic E-state index is 12.9. The first-order valence-electron chi connectivity index (χ1n) is 40.9. The van der Waals surface area contributed by atoms with Crippen LogP contribution in [0.1, 0.15) is 386 Å². The number of carbonyl (C=O) groups excluding carboxylic acids is 2. The van der Waals surface area contributed by atoms with Crippen LogP contribution in [0, 0.1) is 0 Å². The second-order valence-corrected chi connectivity index (χ2v) is 30.2. The van der Waals surface area contributed by atoms with E-state index in [9.17, 15) is 19.0 Å². The minimum atomic E-state index is -4.65. The lowest BCUT2D eigenvalue weighted by molar-refractivity contribution is -0.870. The molecule has 0 radical (unpaired) electrons. The van der Waals surface area contributed by atoms with Gasteiger partial charge in [0.2, 0.25) is 0 Å². The maximum Gasteiger partial charge on any atom is 0.306 e. The Hall–Kier alpha value is -3.07. The van der Waals surface area contributed by atoms with Gasteiger partial charge >= 0.3 is 11.9 Å². The predicted molar refractivity (Wildman–Crippen MR) is 416 cm³/mol. The third-order valence-electron chi connectivity index (χ3n) is 18.1. The normalized spacial score (nSPS) is 13.5. The van der Waals surface area contributed by atoms with Gasteiger partial charge in [-0.15, -0.1) is 0 Å². The third-order valence-corrected chi connectivity index (χ3v) is 19.1. The number of esters is 2. The Kier molecular flexibility index (Phi) is 73.7. The zero-order chi connectivity index (χ0) is 69.7. The van der Waals surface area contributed by atoms with Gasteiger partial charge in [-0.1, -0.05) is 374 Å². The van der Waals surface area contributed by atoms with E-state index >= 15 is 0 Å². The van der Waals surface area contributed by atoms with Crippen LogP contribution in [0.5, 0.6) is 0 Å². The Morgan fingerprint density at radius 3 is 0.885 bits per heavy atom. The van der Waals surface area contributed by atoms with Crippen molar-refractivity contribution in [3.63, 3.8) is 0 Å². The molecule has 0 aliphatic rings. The van der Waals surface area contributed by atoms with Crippen molar-refractivity contribution in [3.05, 3.63) is 97.2 Å². The average molecular weight is 1360 g/mol. The van der Waals surface area contributed by atoms with Gasteiger partial charge in [-0.25, -0.2) is 0 Å². The third kappa shape index (κ3) is 79.9. The molecule has 0 rings (SSSR count). The summed E-state index contributed by atoms with van der Waals surface area (Å²) in [6.07, 6.45) is 107. The van der Waals surface area contributed by atoms with Gasteiger partial charge in [0.15, 0.2) is 6.10 Å². The van der Waals surface area contributed by atoms with Crippen LogP contribution in [-0.4, -0.2) is 70.0 Å². The average Bonchev–Trinajstić information content (AvgIpc) is 2.54. The first-order valence-corrected chi connectivity index (χ1v) is 42.4. The van der Waals surface area contributed by atoms with Gasteiger partial charge in [0.25, 0.3) is 7.82 Å². The molecule has 2 atom stereocenters. The fraction of sp³-hybridized carbons (Fsp3) is 0.791. The zero-order valence-electron chi connectivity index (χ0n) is 63.8. The van der Waals surface area contributed by atoms with Gasteiger partial charge in [0, 0.05) is 12.8 Å². The first-order chi connectivity index (χ1) is 47.0. The van der Waals surface area contributed by atoms with E-state index in [-0.39, 0.29) is 32.0 Å². The molecule has 0 aromatic rings. The largest absolute Gasteiger partial charge is 0.756 e. The Morgan fingerprint density at radius 1 is 0.333 bits per heavy atom. The number of quaternary nitrogens is 1. The van der Waals surface area contributed by atoms with Crippen molar-refractivity contribution < 1.29 is 42.1 Å². The smallest absolute Gasteiger partial charge is 0.306 e. The molecule has 0 saturated heterocycles. The number of carbonyl (C=O) groups is 2. The lowest BCUT2D eigenvalue weighted by atomic mass is 10.0. The molecular formula is C86H156NO8P. The number of hydrogen-bond acceptors (Lipinski definition) is 8. The number of rotatable bonds is 76. The van der Waals surface area contributed by atoms with Crippen molar-refractivity contribution in [3.8, 4) is 0 Å². The first kappa shape index (κ1) is 92.9. The highest BCUT2D eigenvalue weighted by atomic mass is 31.2. The fourth-order valence-corrected chi connectivity index (χ4v) is 12.6. The summed E-state index contributed by atoms with van der Waals surface area (Å²) in [7, 11) is 1.18. The molecule has 10 heteroatoms. The topological polar surface area (TPSA) is 111 Å². The molecule has 9 nitrogen and oxygen atoms in total. The van der Waals surface area contributed by atoms with E-state index < -0.39 is 26.5 Å². The zero-order valence-corrected chi connectivity index (χ0v) is 64.7. The van der Waals surface area contributed by atoms with Gasteiger partial charge in [-0.2, -0.15) is 0 Å².